The lowest BCUT2D eigenvalue weighted by Crippen LogP contribution is -2.29. The number of ether oxygens (including phenoxy) is 1. The molecule has 142 valence electrons. The van der Waals surface area contributed by atoms with Gasteiger partial charge < -0.3 is 14.1 Å². The first-order valence-electron chi connectivity index (χ1n) is 9.15. The van der Waals surface area contributed by atoms with Crippen molar-refractivity contribution in [2.75, 3.05) is 20.2 Å². The zero-order valence-corrected chi connectivity index (χ0v) is 15.5. The van der Waals surface area contributed by atoms with Crippen LogP contribution in [0.25, 0.3) is 11.1 Å². The molecular formula is C21H24N2O4. The fourth-order valence-corrected chi connectivity index (χ4v) is 2.94. The molecular weight excluding hydrogens is 344 g/mol. The largest absolute Gasteiger partial charge is 0.494 e. The first-order chi connectivity index (χ1) is 13.1. The van der Waals surface area contributed by atoms with Crippen molar-refractivity contribution in [3.63, 3.8) is 0 Å². The number of hydrogen-bond donors (Lipinski definition) is 0. The summed E-state index contributed by atoms with van der Waals surface area (Å²) in [5.74, 6) is 0.523. The van der Waals surface area contributed by atoms with Gasteiger partial charge in [0.05, 0.1) is 12.1 Å². The van der Waals surface area contributed by atoms with E-state index in [0.717, 1.165) is 17.7 Å². The maximum atomic E-state index is 12.3. The van der Waals surface area contributed by atoms with Crippen LogP contribution >= 0.6 is 0 Å². The van der Waals surface area contributed by atoms with Gasteiger partial charge in [0.1, 0.15) is 5.75 Å². The van der Waals surface area contributed by atoms with Crippen LogP contribution in [0.5, 0.6) is 5.75 Å². The average molecular weight is 368 g/mol. The summed E-state index contributed by atoms with van der Waals surface area (Å²) in [5.41, 5.74) is 1.34. The van der Waals surface area contributed by atoms with Gasteiger partial charge in [-0.15, -0.1) is 0 Å². The van der Waals surface area contributed by atoms with Crippen molar-refractivity contribution in [2.45, 2.75) is 25.8 Å². The molecule has 0 aliphatic heterocycles. The first kappa shape index (κ1) is 18.8. The molecule has 0 aliphatic rings. The van der Waals surface area contributed by atoms with Crippen molar-refractivity contribution in [2.24, 2.45) is 0 Å². The summed E-state index contributed by atoms with van der Waals surface area (Å²) in [6, 6.07) is 16.9. The van der Waals surface area contributed by atoms with Crippen LogP contribution in [0.15, 0.2) is 63.8 Å². The highest BCUT2D eigenvalue weighted by Crippen LogP contribution is 2.13. The Bertz CT molecular complexity index is 930. The third-order valence-corrected chi connectivity index (χ3v) is 4.42. The standard InChI is InChI=1S/C21H24N2O4/c1-22(14-8-16-26-17-9-3-2-4-10-17)20(24)13-7-15-23-18-11-5-6-12-19(18)27-21(23)25/h2-6,9-12H,7-8,13-16H2,1H3. The third kappa shape index (κ3) is 5.00. The van der Waals surface area contributed by atoms with Crippen LogP contribution in [0.3, 0.4) is 0 Å². The van der Waals surface area contributed by atoms with E-state index in [-0.39, 0.29) is 11.7 Å². The van der Waals surface area contributed by atoms with E-state index in [9.17, 15) is 9.59 Å². The molecule has 0 saturated heterocycles. The van der Waals surface area contributed by atoms with Gasteiger partial charge in [-0.05, 0) is 37.1 Å². The van der Waals surface area contributed by atoms with E-state index in [1.807, 2.05) is 48.5 Å². The van der Waals surface area contributed by atoms with Gasteiger partial charge in [-0.3, -0.25) is 9.36 Å². The summed E-state index contributed by atoms with van der Waals surface area (Å²) in [7, 11) is 1.80. The molecule has 3 aromatic rings. The average Bonchev–Trinajstić information content (AvgIpc) is 3.01. The highest BCUT2D eigenvalue weighted by atomic mass is 16.5. The van der Waals surface area contributed by atoms with Gasteiger partial charge >= 0.3 is 5.76 Å². The molecule has 0 fully saturated rings. The molecule has 1 aromatic heterocycles. The fraction of sp³-hybridized carbons (Fsp3) is 0.333. The van der Waals surface area contributed by atoms with Gasteiger partial charge in [0.15, 0.2) is 5.58 Å². The monoisotopic (exact) mass is 368 g/mol. The summed E-state index contributed by atoms with van der Waals surface area (Å²) < 4.78 is 12.4. The number of aromatic nitrogens is 1. The Hall–Kier alpha value is -3.02. The Balaban J connectivity index is 1.39. The zero-order valence-electron chi connectivity index (χ0n) is 15.5. The van der Waals surface area contributed by atoms with Gasteiger partial charge in [0.2, 0.25) is 5.91 Å². The molecule has 6 nitrogen and oxygen atoms in total. The van der Waals surface area contributed by atoms with Crippen LogP contribution < -0.4 is 10.5 Å². The summed E-state index contributed by atoms with van der Waals surface area (Å²) in [4.78, 5) is 25.9. The lowest BCUT2D eigenvalue weighted by Gasteiger charge is -2.17. The smallest absolute Gasteiger partial charge is 0.419 e. The normalized spacial score (nSPS) is 10.9. The van der Waals surface area contributed by atoms with Crippen molar-refractivity contribution in [3.8, 4) is 5.75 Å². The van der Waals surface area contributed by atoms with E-state index in [2.05, 4.69) is 0 Å². The van der Waals surface area contributed by atoms with Gasteiger partial charge in [-0.2, -0.15) is 0 Å². The molecule has 1 amide bonds. The van der Waals surface area contributed by atoms with E-state index < -0.39 is 0 Å². The van der Waals surface area contributed by atoms with Crippen molar-refractivity contribution in [3.05, 3.63) is 65.1 Å². The molecule has 0 unspecified atom stereocenters. The second kappa shape index (κ2) is 9.07. The Labute approximate surface area is 158 Å². The number of para-hydroxylation sites is 3. The Morgan fingerprint density at radius 2 is 1.81 bits per heavy atom. The van der Waals surface area contributed by atoms with Gasteiger partial charge in [-0.25, -0.2) is 4.79 Å². The Kier molecular flexibility index (Phi) is 6.30. The number of carbonyl (C=O) groups excluding carboxylic acids is 1. The SMILES string of the molecule is CN(CCCOc1ccccc1)C(=O)CCCn1c(=O)oc2ccccc21. The number of oxazole rings is 1. The molecule has 0 aliphatic carbocycles. The molecule has 0 spiro atoms. The van der Waals surface area contributed by atoms with Crippen molar-refractivity contribution < 1.29 is 13.9 Å². The molecule has 0 saturated carbocycles. The van der Waals surface area contributed by atoms with Gasteiger partial charge in [-0.1, -0.05) is 30.3 Å². The van der Waals surface area contributed by atoms with Crippen LogP contribution in [0.2, 0.25) is 0 Å². The highest BCUT2D eigenvalue weighted by Gasteiger charge is 2.11. The topological polar surface area (TPSA) is 64.7 Å². The third-order valence-electron chi connectivity index (χ3n) is 4.42. The van der Waals surface area contributed by atoms with Crippen LogP contribution in [0.1, 0.15) is 19.3 Å². The number of amides is 1. The Morgan fingerprint density at radius 3 is 2.63 bits per heavy atom. The predicted molar refractivity (Wildman–Crippen MR) is 104 cm³/mol. The van der Waals surface area contributed by atoms with E-state index >= 15 is 0 Å². The van der Waals surface area contributed by atoms with E-state index in [1.54, 1.807) is 22.6 Å². The minimum atomic E-state index is -0.380. The number of benzene rings is 2. The zero-order chi connectivity index (χ0) is 19.1. The Morgan fingerprint density at radius 1 is 1.07 bits per heavy atom. The minimum absolute atomic E-state index is 0.0653. The van der Waals surface area contributed by atoms with Crippen molar-refractivity contribution in [1.29, 1.82) is 0 Å². The number of carbonyl (C=O) groups is 1. The maximum absolute atomic E-state index is 12.3. The minimum Gasteiger partial charge on any atom is -0.494 e. The van der Waals surface area contributed by atoms with E-state index in [1.165, 1.54) is 0 Å². The summed E-state index contributed by atoms with van der Waals surface area (Å²) in [6.07, 6.45) is 1.75. The second-order valence-electron chi connectivity index (χ2n) is 6.42. The second-order valence-corrected chi connectivity index (χ2v) is 6.42. The van der Waals surface area contributed by atoms with Crippen LogP contribution in [-0.2, 0) is 11.3 Å². The molecule has 0 atom stereocenters. The molecule has 27 heavy (non-hydrogen) atoms. The molecule has 0 N–H and O–H groups in total. The van der Waals surface area contributed by atoms with E-state index in [4.69, 9.17) is 9.15 Å². The van der Waals surface area contributed by atoms with Gasteiger partial charge in [0.25, 0.3) is 0 Å². The number of fused-ring (bicyclic) bond motifs is 1. The highest BCUT2D eigenvalue weighted by molar-refractivity contribution is 5.76. The summed E-state index contributed by atoms with van der Waals surface area (Å²) in [6.45, 7) is 1.67. The molecule has 2 aromatic carbocycles. The summed E-state index contributed by atoms with van der Waals surface area (Å²) >= 11 is 0. The fourth-order valence-electron chi connectivity index (χ4n) is 2.94. The predicted octanol–water partition coefficient (Wildman–Crippen LogP) is 3.30. The van der Waals surface area contributed by atoms with E-state index in [0.29, 0.717) is 38.1 Å². The quantitative estimate of drug-likeness (QED) is 0.544. The molecule has 3 rings (SSSR count). The number of hydrogen-bond acceptors (Lipinski definition) is 4. The molecule has 0 bridgehead atoms. The van der Waals surface area contributed by atoms with Crippen molar-refractivity contribution >= 4 is 17.0 Å². The van der Waals surface area contributed by atoms with Gasteiger partial charge in [0, 0.05) is 26.6 Å². The first-order valence-corrected chi connectivity index (χ1v) is 9.15. The van der Waals surface area contributed by atoms with Crippen LogP contribution in [0.4, 0.5) is 0 Å². The number of rotatable bonds is 9. The lowest BCUT2D eigenvalue weighted by molar-refractivity contribution is -0.130. The van der Waals surface area contributed by atoms with Crippen LogP contribution in [-0.4, -0.2) is 35.6 Å². The lowest BCUT2D eigenvalue weighted by atomic mass is 10.2. The molecule has 1 heterocycles. The molecule has 6 heteroatoms. The van der Waals surface area contributed by atoms with Crippen molar-refractivity contribution in [1.82, 2.24) is 9.47 Å². The summed E-state index contributed by atoms with van der Waals surface area (Å²) in [5, 5.41) is 0. The van der Waals surface area contributed by atoms with Crippen LogP contribution in [0, 0.1) is 0 Å². The molecule has 0 radical (unpaired) electrons. The number of nitrogens with zero attached hydrogens (tertiary/aromatic N) is 2. The maximum Gasteiger partial charge on any atom is 0.419 e. The number of aryl methyl sites for hydroxylation is 1.